The number of methoxy groups -OCH3 is 2. The van der Waals surface area contributed by atoms with Gasteiger partial charge in [0.25, 0.3) is 5.91 Å². The topological polar surface area (TPSA) is 106 Å². The van der Waals surface area contributed by atoms with Gasteiger partial charge in [0.2, 0.25) is 0 Å². The summed E-state index contributed by atoms with van der Waals surface area (Å²) in [4.78, 5) is 29.4. The van der Waals surface area contributed by atoms with Crippen molar-refractivity contribution in [2.75, 3.05) is 59.3 Å². The summed E-state index contributed by atoms with van der Waals surface area (Å²) in [6.45, 7) is 6.61. The molecule has 0 spiro atoms. The molecular weight excluding hydrogens is 472 g/mol. The van der Waals surface area contributed by atoms with Crippen molar-refractivity contribution in [2.24, 2.45) is 5.92 Å². The number of benzene rings is 1. The molecule has 2 aliphatic rings. The van der Waals surface area contributed by atoms with Gasteiger partial charge in [-0.1, -0.05) is 24.9 Å². The lowest BCUT2D eigenvalue weighted by Crippen LogP contribution is -2.55. The lowest BCUT2D eigenvalue weighted by Gasteiger charge is -2.40. The fraction of sp³-hybridized carbons (Fsp3) is 0.680. The van der Waals surface area contributed by atoms with E-state index in [9.17, 15) is 9.59 Å². The maximum atomic E-state index is 13.0. The van der Waals surface area contributed by atoms with Gasteiger partial charge in [-0.15, -0.1) is 0 Å². The van der Waals surface area contributed by atoms with Crippen LogP contribution >= 0.6 is 11.6 Å². The van der Waals surface area contributed by atoms with Crippen molar-refractivity contribution >= 4 is 29.3 Å². The average molecular weight is 511 g/mol. The number of piperidine rings is 2. The fourth-order valence-corrected chi connectivity index (χ4v) is 4.93. The molecule has 2 amide bonds. The number of unbranched alkanes of at least 4 members (excludes halogenated alkanes) is 1. The molecule has 0 aliphatic carbocycles. The second-order valence-corrected chi connectivity index (χ2v) is 9.78. The molecule has 2 saturated heterocycles. The Morgan fingerprint density at radius 1 is 1.17 bits per heavy atom. The summed E-state index contributed by atoms with van der Waals surface area (Å²) in [6.07, 6.45) is 4.31. The first-order chi connectivity index (χ1) is 16.9. The monoisotopic (exact) mass is 510 g/mol. The van der Waals surface area contributed by atoms with Gasteiger partial charge in [-0.3, -0.25) is 4.79 Å². The Bertz CT molecular complexity index is 863. The van der Waals surface area contributed by atoms with Gasteiger partial charge in [-0.05, 0) is 37.7 Å². The van der Waals surface area contributed by atoms with Crippen LogP contribution in [0.3, 0.4) is 0 Å². The number of hydrogen-bond donors (Lipinski definition) is 2. The maximum Gasteiger partial charge on any atom is 0.409 e. The van der Waals surface area contributed by atoms with Gasteiger partial charge < -0.3 is 35.1 Å². The highest BCUT2D eigenvalue weighted by atomic mass is 35.5. The second kappa shape index (κ2) is 13.2. The van der Waals surface area contributed by atoms with E-state index in [1.54, 1.807) is 13.2 Å². The zero-order valence-electron chi connectivity index (χ0n) is 21.1. The molecule has 9 nitrogen and oxygen atoms in total. The number of nitrogens with two attached hydrogens (primary N) is 1. The molecule has 2 fully saturated rings. The summed E-state index contributed by atoms with van der Waals surface area (Å²) in [6, 6.07) is 2.97. The van der Waals surface area contributed by atoms with Crippen LogP contribution in [0.1, 0.15) is 49.4 Å². The lowest BCUT2D eigenvalue weighted by atomic mass is 9.94. The van der Waals surface area contributed by atoms with E-state index in [0.717, 1.165) is 64.8 Å². The number of hydrogen-bond acceptors (Lipinski definition) is 7. The molecule has 1 aromatic carbocycles. The smallest absolute Gasteiger partial charge is 0.409 e. The molecule has 2 aliphatic heterocycles. The van der Waals surface area contributed by atoms with Crippen molar-refractivity contribution in [1.29, 1.82) is 0 Å². The number of ether oxygens (including phenoxy) is 3. The van der Waals surface area contributed by atoms with Gasteiger partial charge in [0.05, 0.1) is 42.1 Å². The molecule has 0 aromatic heterocycles. The molecule has 3 rings (SSSR count). The molecule has 2 atom stereocenters. The van der Waals surface area contributed by atoms with Crippen LogP contribution in [-0.2, 0) is 9.47 Å². The summed E-state index contributed by atoms with van der Waals surface area (Å²) < 4.78 is 16.4. The number of nitrogen functional groups attached to an aromatic ring is 1. The summed E-state index contributed by atoms with van der Waals surface area (Å²) in [5, 5.41) is 3.41. The number of carbonyl (C=O) groups is 2. The van der Waals surface area contributed by atoms with Crippen molar-refractivity contribution in [3.8, 4) is 5.75 Å². The van der Waals surface area contributed by atoms with E-state index in [-0.39, 0.29) is 24.1 Å². The van der Waals surface area contributed by atoms with Gasteiger partial charge in [0.15, 0.2) is 0 Å². The van der Waals surface area contributed by atoms with Crippen LogP contribution in [0, 0.1) is 5.92 Å². The first-order valence-corrected chi connectivity index (χ1v) is 12.8. The highest BCUT2D eigenvalue weighted by Gasteiger charge is 2.33. The van der Waals surface area contributed by atoms with E-state index in [0.29, 0.717) is 34.5 Å². The Morgan fingerprint density at radius 3 is 2.57 bits per heavy atom. The van der Waals surface area contributed by atoms with Crippen LogP contribution in [-0.4, -0.2) is 87.5 Å². The Balaban J connectivity index is 1.48. The quantitative estimate of drug-likeness (QED) is 0.387. The minimum Gasteiger partial charge on any atom is -0.496 e. The predicted molar refractivity (Wildman–Crippen MR) is 136 cm³/mol. The van der Waals surface area contributed by atoms with E-state index in [2.05, 4.69) is 17.1 Å². The van der Waals surface area contributed by atoms with Crippen molar-refractivity contribution in [1.82, 2.24) is 15.1 Å². The number of anilines is 1. The minimum atomic E-state index is -0.262. The van der Waals surface area contributed by atoms with Crippen LogP contribution in [0.15, 0.2) is 12.1 Å². The first-order valence-electron chi connectivity index (χ1n) is 12.5. The van der Waals surface area contributed by atoms with E-state index in [1.807, 2.05) is 4.90 Å². The molecule has 1 aromatic rings. The minimum absolute atomic E-state index is 0.121. The highest BCUT2D eigenvalue weighted by molar-refractivity contribution is 6.33. The van der Waals surface area contributed by atoms with Gasteiger partial charge in [-0.2, -0.15) is 0 Å². The molecular formula is C25H39ClN4O5. The summed E-state index contributed by atoms with van der Waals surface area (Å²) >= 11 is 6.13. The molecule has 2 heterocycles. The van der Waals surface area contributed by atoms with Gasteiger partial charge in [-0.25, -0.2) is 4.79 Å². The SMILES string of the molecule is CCCCOC(=O)N1CCC(CN2CCC(NC(=O)c3cc(Cl)c(N)cc3OC)C(OC)C2)CC1. The summed E-state index contributed by atoms with van der Waals surface area (Å²) in [7, 11) is 3.17. The predicted octanol–water partition coefficient (Wildman–Crippen LogP) is 3.40. The molecule has 0 bridgehead atoms. The van der Waals surface area contributed by atoms with Gasteiger partial charge in [0, 0.05) is 45.9 Å². The molecule has 0 saturated carbocycles. The Labute approximate surface area is 213 Å². The highest BCUT2D eigenvalue weighted by Crippen LogP contribution is 2.29. The van der Waals surface area contributed by atoms with Crippen molar-refractivity contribution in [2.45, 2.75) is 51.2 Å². The van der Waals surface area contributed by atoms with Crippen LogP contribution in [0.5, 0.6) is 5.75 Å². The van der Waals surface area contributed by atoms with E-state index in [1.165, 1.54) is 13.2 Å². The Morgan fingerprint density at radius 2 is 1.91 bits per heavy atom. The normalized spacial score (nSPS) is 21.5. The van der Waals surface area contributed by atoms with Crippen LogP contribution in [0.2, 0.25) is 5.02 Å². The number of nitrogens with one attached hydrogen (secondary N) is 1. The third-order valence-electron chi connectivity index (χ3n) is 6.94. The molecule has 2 unspecified atom stereocenters. The zero-order valence-corrected chi connectivity index (χ0v) is 21.8. The van der Waals surface area contributed by atoms with Crippen LogP contribution < -0.4 is 15.8 Å². The van der Waals surface area contributed by atoms with E-state index < -0.39 is 0 Å². The fourth-order valence-electron chi connectivity index (χ4n) is 4.77. The molecule has 35 heavy (non-hydrogen) atoms. The van der Waals surface area contributed by atoms with Crippen LogP contribution in [0.4, 0.5) is 10.5 Å². The molecule has 196 valence electrons. The summed E-state index contributed by atoms with van der Waals surface area (Å²) in [5.41, 5.74) is 6.55. The van der Waals surface area contributed by atoms with Gasteiger partial charge in [0.1, 0.15) is 5.75 Å². The van der Waals surface area contributed by atoms with Crippen LogP contribution in [0.25, 0.3) is 0 Å². The third kappa shape index (κ3) is 7.38. The van der Waals surface area contributed by atoms with Crippen molar-refractivity contribution < 1.29 is 23.8 Å². The first kappa shape index (κ1) is 27.4. The third-order valence-corrected chi connectivity index (χ3v) is 7.27. The van der Waals surface area contributed by atoms with Crippen molar-refractivity contribution in [3.05, 3.63) is 22.7 Å². The van der Waals surface area contributed by atoms with E-state index >= 15 is 0 Å². The maximum absolute atomic E-state index is 13.0. The van der Waals surface area contributed by atoms with Crippen molar-refractivity contribution in [3.63, 3.8) is 0 Å². The Kier molecular flexibility index (Phi) is 10.3. The number of nitrogens with zero attached hydrogens (tertiary/aromatic N) is 2. The summed E-state index contributed by atoms with van der Waals surface area (Å²) in [5.74, 6) is 0.651. The molecule has 10 heteroatoms. The van der Waals surface area contributed by atoms with Gasteiger partial charge >= 0.3 is 6.09 Å². The number of likely N-dealkylation sites (tertiary alicyclic amines) is 2. The standard InChI is InChI=1S/C25H39ClN4O5/c1-4-5-12-35-25(32)30-10-6-17(7-11-30)15-29-9-8-21(23(16-29)34-3)28-24(31)18-13-19(26)20(27)14-22(18)33-2/h13-14,17,21,23H,4-12,15-16,27H2,1-3H3,(H,28,31). The number of amides is 2. The second-order valence-electron chi connectivity index (χ2n) is 9.37. The molecule has 3 N–H and O–H groups in total. The molecule has 0 radical (unpaired) electrons. The number of rotatable bonds is 9. The Hall–Kier alpha value is -2.23. The largest absolute Gasteiger partial charge is 0.496 e. The van der Waals surface area contributed by atoms with E-state index in [4.69, 9.17) is 31.5 Å². The lowest BCUT2D eigenvalue weighted by molar-refractivity contribution is -0.00143. The average Bonchev–Trinajstić information content (AvgIpc) is 2.86. The number of halogens is 1. The zero-order chi connectivity index (χ0) is 25.4. The number of carbonyl (C=O) groups excluding carboxylic acids is 2.